The molecular formula is C19H21N3O4. The number of hydrogen-bond donors (Lipinski definition) is 3. The molecule has 0 unspecified atom stereocenters. The number of amides is 2. The van der Waals surface area contributed by atoms with Gasteiger partial charge in [0.1, 0.15) is 0 Å². The molecule has 0 aliphatic heterocycles. The van der Waals surface area contributed by atoms with E-state index in [4.69, 9.17) is 5.90 Å². The highest BCUT2D eigenvalue weighted by Crippen LogP contribution is 2.22. The van der Waals surface area contributed by atoms with Gasteiger partial charge in [-0.05, 0) is 47.4 Å². The molecule has 0 radical (unpaired) electrons. The van der Waals surface area contributed by atoms with Crippen molar-refractivity contribution in [1.29, 1.82) is 0 Å². The Hall–Kier alpha value is -3.19. The number of carbonyl (C=O) groups excluding carboxylic acids is 3. The summed E-state index contributed by atoms with van der Waals surface area (Å²) in [5.41, 5.74) is 6.69. The molecule has 2 aromatic carbocycles. The Balaban J connectivity index is 1.96. The summed E-state index contributed by atoms with van der Waals surface area (Å²) in [5, 5.41) is 0. The SMILES string of the molecule is CC(C)(C)c1ccc(C(=O)NNC(=O)c2ccc(C(=O)ON)cc2)cc1. The van der Waals surface area contributed by atoms with Crippen molar-refractivity contribution in [2.45, 2.75) is 26.2 Å². The number of hydrogen-bond acceptors (Lipinski definition) is 5. The molecule has 7 nitrogen and oxygen atoms in total. The molecule has 0 aliphatic rings. The molecule has 0 aromatic heterocycles. The fraction of sp³-hybridized carbons (Fsp3) is 0.211. The molecule has 26 heavy (non-hydrogen) atoms. The van der Waals surface area contributed by atoms with E-state index in [1.807, 2.05) is 12.1 Å². The summed E-state index contributed by atoms with van der Waals surface area (Å²) in [6, 6.07) is 12.8. The zero-order valence-electron chi connectivity index (χ0n) is 14.8. The first-order valence-corrected chi connectivity index (χ1v) is 7.94. The van der Waals surface area contributed by atoms with Crippen molar-refractivity contribution in [3.8, 4) is 0 Å². The van der Waals surface area contributed by atoms with Crippen LogP contribution in [0.15, 0.2) is 48.5 Å². The van der Waals surface area contributed by atoms with Crippen molar-refractivity contribution in [1.82, 2.24) is 10.9 Å². The summed E-state index contributed by atoms with van der Waals surface area (Å²) in [5.74, 6) is 3.15. The number of carbonyl (C=O) groups is 3. The lowest BCUT2D eigenvalue weighted by atomic mass is 9.87. The minimum atomic E-state index is -0.705. The van der Waals surface area contributed by atoms with Gasteiger partial charge in [0.25, 0.3) is 11.8 Å². The van der Waals surface area contributed by atoms with Gasteiger partial charge < -0.3 is 4.84 Å². The molecule has 136 valence electrons. The van der Waals surface area contributed by atoms with Gasteiger partial charge in [0, 0.05) is 11.1 Å². The lowest BCUT2D eigenvalue weighted by molar-refractivity contribution is 0.0503. The van der Waals surface area contributed by atoms with Crippen LogP contribution in [-0.2, 0) is 10.3 Å². The van der Waals surface area contributed by atoms with Gasteiger partial charge in [0.15, 0.2) is 0 Å². The summed E-state index contributed by atoms with van der Waals surface area (Å²) in [6.45, 7) is 6.25. The van der Waals surface area contributed by atoms with E-state index < -0.39 is 17.8 Å². The van der Waals surface area contributed by atoms with E-state index in [-0.39, 0.29) is 16.5 Å². The summed E-state index contributed by atoms with van der Waals surface area (Å²) >= 11 is 0. The first-order valence-electron chi connectivity index (χ1n) is 7.94. The van der Waals surface area contributed by atoms with Crippen molar-refractivity contribution < 1.29 is 19.2 Å². The van der Waals surface area contributed by atoms with Crippen molar-refractivity contribution in [2.75, 3.05) is 0 Å². The molecule has 0 bridgehead atoms. The maximum absolute atomic E-state index is 12.1. The Morgan fingerprint density at radius 1 is 0.769 bits per heavy atom. The standard InChI is InChI=1S/C19H21N3O4/c1-19(2,3)15-10-8-13(9-11-15)17(24)22-21-16(23)12-4-6-14(7-5-12)18(25)26-20/h4-11H,20H2,1-3H3,(H,21,23)(H,22,24). The third-order valence-corrected chi connectivity index (χ3v) is 3.79. The number of nitrogens with two attached hydrogens (primary N) is 1. The molecule has 0 aliphatic carbocycles. The van der Waals surface area contributed by atoms with Crippen LogP contribution in [0.3, 0.4) is 0 Å². The van der Waals surface area contributed by atoms with Crippen LogP contribution in [0.25, 0.3) is 0 Å². The van der Waals surface area contributed by atoms with Crippen molar-refractivity contribution in [3.05, 3.63) is 70.8 Å². The van der Waals surface area contributed by atoms with Crippen LogP contribution in [0.4, 0.5) is 0 Å². The average Bonchev–Trinajstić information content (AvgIpc) is 2.64. The number of nitrogens with one attached hydrogen (secondary N) is 2. The van der Waals surface area contributed by atoms with Gasteiger partial charge in [-0.3, -0.25) is 20.4 Å². The topological polar surface area (TPSA) is 111 Å². The molecule has 2 rings (SSSR count). The maximum atomic E-state index is 12.1. The van der Waals surface area contributed by atoms with Crippen molar-refractivity contribution in [2.24, 2.45) is 5.90 Å². The summed E-state index contributed by atoms with van der Waals surface area (Å²) in [6.07, 6.45) is 0. The molecule has 7 heteroatoms. The first kappa shape index (κ1) is 19.1. The third-order valence-electron chi connectivity index (χ3n) is 3.79. The predicted octanol–water partition coefficient (Wildman–Crippen LogP) is 2.09. The highest BCUT2D eigenvalue weighted by Gasteiger charge is 2.15. The van der Waals surface area contributed by atoms with Crippen LogP contribution in [0.5, 0.6) is 0 Å². The second-order valence-corrected chi connectivity index (χ2v) is 6.72. The first-order chi connectivity index (χ1) is 12.2. The van der Waals surface area contributed by atoms with E-state index in [1.54, 1.807) is 12.1 Å². The molecule has 0 heterocycles. The van der Waals surface area contributed by atoms with E-state index in [0.29, 0.717) is 5.56 Å². The number of benzene rings is 2. The molecule has 0 atom stereocenters. The van der Waals surface area contributed by atoms with Gasteiger partial charge >= 0.3 is 5.97 Å². The van der Waals surface area contributed by atoms with Gasteiger partial charge in [0.2, 0.25) is 0 Å². The van der Waals surface area contributed by atoms with E-state index in [9.17, 15) is 14.4 Å². The van der Waals surface area contributed by atoms with Crippen molar-refractivity contribution in [3.63, 3.8) is 0 Å². The largest absolute Gasteiger partial charge is 0.370 e. The Labute approximate surface area is 151 Å². The second kappa shape index (κ2) is 7.79. The Bertz CT molecular complexity index is 806. The Morgan fingerprint density at radius 3 is 1.54 bits per heavy atom. The van der Waals surface area contributed by atoms with Crippen LogP contribution in [0.2, 0.25) is 0 Å². The minimum Gasteiger partial charge on any atom is -0.370 e. The van der Waals surface area contributed by atoms with Gasteiger partial charge in [-0.2, -0.15) is 5.90 Å². The van der Waals surface area contributed by atoms with Crippen LogP contribution in [0, 0.1) is 0 Å². The van der Waals surface area contributed by atoms with Gasteiger partial charge in [-0.15, -0.1) is 0 Å². The molecule has 0 spiro atoms. The number of rotatable bonds is 3. The van der Waals surface area contributed by atoms with Crippen LogP contribution >= 0.6 is 0 Å². The summed E-state index contributed by atoms with van der Waals surface area (Å²) < 4.78 is 0. The van der Waals surface area contributed by atoms with Crippen LogP contribution in [0.1, 0.15) is 57.4 Å². The Morgan fingerprint density at radius 2 is 1.15 bits per heavy atom. The smallest absolute Gasteiger partial charge is 0.356 e. The molecular weight excluding hydrogens is 334 g/mol. The average molecular weight is 355 g/mol. The Kier molecular flexibility index (Phi) is 5.74. The van der Waals surface area contributed by atoms with Gasteiger partial charge in [-0.25, -0.2) is 4.79 Å². The molecule has 0 saturated heterocycles. The second-order valence-electron chi connectivity index (χ2n) is 6.72. The monoisotopic (exact) mass is 355 g/mol. The molecule has 2 amide bonds. The van der Waals surface area contributed by atoms with E-state index in [1.165, 1.54) is 24.3 Å². The fourth-order valence-electron chi connectivity index (χ4n) is 2.21. The molecule has 0 saturated carbocycles. The van der Waals surface area contributed by atoms with Gasteiger partial charge in [-0.1, -0.05) is 32.9 Å². The highest BCUT2D eigenvalue weighted by atomic mass is 16.7. The highest BCUT2D eigenvalue weighted by molar-refractivity contribution is 5.99. The summed E-state index contributed by atoms with van der Waals surface area (Å²) in [7, 11) is 0. The van der Waals surface area contributed by atoms with Crippen LogP contribution < -0.4 is 16.7 Å². The summed E-state index contributed by atoms with van der Waals surface area (Å²) in [4.78, 5) is 39.5. The number of hydrazine groups is 1. The lowest BCUT2D eigenvalue weighted by Gasteiger charge is -2.19. The van der Waals surface area contributed by atoms with E-state index in [2.05, 4.69) is 36.5 Å². The zero-order valence-corrected chi connectivity index (χ0v) is 14.8. The van der Waals surface area contributed by atoms with Crippen molar-refractivity contribution >= 4 is 17.8 Å². The third kappa shape index (κ3) is 4.67. The maximum Gasteiger partial charge on any atom is 0.356 e. The van der Waals surface area contributed by atoms with E-state index >= 15 is 0 Å². The quantitative estimate of drug-likeness (QED) is 0.730. The molecule has 2 aromatic rings. The fourth-order valence-corrected chi connectivity index (χ4v) is 2.21. The van der Waals surface area contributed by atoms with E-state index in [0.717, 1.165) is 5.56 Å². The zero-order chi connectivity index (χ0) is 19.3. The lowest BCUT2D eigenvalue weighted by Crippen LogP contribution is -2.41. The predicted molar refractivity (Wildman–Crippen MR) is 96.1 cm³/mol. The normalized spacial score (nSPS) is 10.8. The molecule has 0 fully saturated rings. The van der Waals surface area contributed by atoms with Gasteiger partial charge in [0.05, 0.1) is 5.56 Å². The molecule has 4 N–H and O–H groups in total. The minimum absolute atomic E-state index is 0.00823. The van der Waals surface area contributed by atoms with Crippen LogP contribution in [-0.4, -0.2) is 17.8 Å².